The fourth-order valence-electron chi connectivity index (χ4n) is 3.56. The molecule has 0 spiro atoms. The predicted octanol–water partition coefficient (Wildman–Crippen LogP) is 1.56. The van der Waals surface area contributed by atoms with E-state index in [0.29, 0.717) is 24.7 Å². The zero-order valence-electron chi connectivity index (χ0n) is 15.4. The Labute approximate surface area is 167 Å². The molecule has 4 rings (SSSR count). The van der Waals surface area contributed by atoms with Crippen LogP contribution in [0.3, 0.4) is 0 Å². The number of aromatic nitrogens is 3. The number of rotatable bonds is 5. The molecule has 2 atom stereocenters. The molecule has 25 heavy (non-hydrogen) atoms. The number of aliphatic imine (C=N–C) groups is 1. The molecule has 1 aromatic heterocycles. The minimum Gasteiger partial charge on any atom is -0.354 e. The van der Waals surface area contributed by atoms with Crippen molar-refractivity contribution in [3.8, 4) is 0 Å². The van der Waals surface area contributed by atoms with Crippen LogP contribution in [-0.4, -0.2) is 56.3 Å². The van der Waals surface area contributed by atoms with Gasteiger partial charge in [0.25, 0.3) is 0 Å². The number of guanidine groups is 1. The first-order valence-electron chi connectivity index (χ1n) is 9.28. The SMILES string of the molecule is Cc1nnc(CN=C(NC2CC2)NC2CC(C)N(C3CC3)C2)n1C.I. The number of nitrogens with one attached hydrogen (secondary N) is 2. The fraction of sp³-hybridized carbons (Fsp3) is 0.824. The Kier molecular flexibility index (Phi) is 5.87. The van der Waals surface area contributed by atoms with Crippen LogP contribution in [0.4, 0.5) is 0 Å². The summed E-state index contributed by atoms with van der Waals surface area (Å²) in [6.07, 6.45) is 6.46. The van der Waals surface area contributed by atoms with Crippen molar-refractivity contribution >= 4 is 29.9 Å². The first-order valence-corrected chi connectivity index (χ1v) is 9.28. The van der Waals surface area contributed by atoms with Crippen LogP contribution in [-0.2, 0) is 13.6 Å². The van der Waals surface area contributed by atoms with E-state index in [1.807, 2.05) is 18.5 Å². The van der Waals surface area contributed by atoms with E-state index < -0.39 is 0 Å². The molecule has 0 aromatic carbocycles. The summed E-state index contributed by atoms with van der Waals surface area (Å²) in [5.41, 5.74) is 0. The summed E-state index contributed by atoms with van der Waals surface area (Å²) in [7, 11) is 1.99. The van der Waals surface area contributed by atoms with Crippen molar-refractivity contribution in [1.29, 1.82) is 0 Å². The van der Waals surface area contributed by atoms with E-state index in [1.54, 1.807) is 0 Å². The van der Waals surface area contributed by atoms with Crippen molar-refractivity contribution in [2.75, 3.05) is 6.54 Å². The van der Waals surface area contributed by atoms with Gasteiger partial charge in [0.15, 0.2) is 11.8 Å². The molecule has 1 aliphatic heterocycles. The number of hydrogen-bond acceptors (Lipinski definition) is 4. The van der Waals surface area contributed by atoms with Crippen molar-refractivity contribution in [2.45, 2.75) is 76.7 Å². The second-order valence-electron chi connectivity index (χ2n) is 7.66. The molecular weight excluding hydrogens is 429 g/mol. The molecule has 1 saturated heterocycles. The van der Waals surface area contributed by atoms with E-state index >= 15 is 0 Å². The molecule has 0 amide bonds. The van der Waals surface area contributed by atoms with Gasteiger partial charge in [-0.3, -0.25) is 4.90 Å². The van der Waals surface area contributed by atoms with Crippen molar-refractivity contribution < 1.29 is 0 Å². The maximum atomic E-state index is 4.77. The zero-order chi connectivity index (χ0) is 16.7. The highest BCUT2D eigenvalue weighted by Gasteiger charge is 2.39. The highest BCUT2D eigenvalue weighted by Crippen LogP contribution is 2.33. The van der Waals surface area contributed by atoms with Crippen molar-refractivity contribution in [1.82, 2.24) is 30.3 Å². The van der Waals surface area contributed by atoms with Crippen molar-refractivity contribution in [2.24, 2.45) is 12.0 Å². The Morgan fingerprint density at radius 1 is 1.16 bits per heavy atom. The molecule has 2 N–H and O–H groups in total. The van der Waals surface area contributed by atoms with Crippen LogP contribution in [0.1, 0.15) is 50.7 Å². The maximum Gasteiger partial charge on any atom is 0.192 e. The number of halogens is 1. The van der Waals surface area contributed by atoms with Crippen LogP contribution < -0.4 is 10.6 Å². The van der Waals surface area contributed by atoms with Crippen LogP contribution in [0.15, 0.2) is 4.99 Å². The second kappa shape index (κ2) is 7.77. The van der Waals surface area contributed by atoms with Gasteiger partial charge in [-0.05, 0) is 46.0 Å². The minimum absolute atomic E-state index is 0. The van der Waals surface area contributed by atoms with Crippen LogP contribution in [0, 0.1) is 6.92 Å². The minimum atomic E-state index is 0. The summed E-state index contributed by atoms with van der Waals surface area (Å²) in [5, 5.41) is 15.5. The predicted molar refractivity (Wildman–Crippen MR) is 109 cm³/mol. The van der Waals surface area contributed by atoms with Crippen LogP contribution >= 0.6 is 24.0 Å². The summed E-state index contributed by atoms with van der Waals surface area (Å²) in [4.78, 5) is 7.44. The molecule has 3 fully saturated rings. The topological polar surface area (TPSA) is 70.4 Å². The lowest BCUT2D eigenvalue weighted by Crippen LogP contribution is -2.45. The fourth-order valence-corrected chi connectivity index (χ4v) is 3.56. The molecule has 2 heterocycles. The standard InChI is InChI=1S/C17H29N7.HI/c1-11-8-14(10-24(11)15-6-7-15)20-17(19-13-4-5-13)18-9-16-22-21-12(2)23(16)3;/h11,13-15H,4-10H2,1-3H3,(H2,18,19,20);1H. The molecule has 2 aliphatic carbocycles. The lowest BCUT2D eigenvalue weighted by Gasteiger charge is -2.20. The maximum absolute atomic E-state index is 4.77. The largest absolute Gasteiger partial charge is 0.354 e. The van der Waals surface area contributed by atoms with Crippen LogP contribution in [0.5, 0.6) is 0 Å². The zero-order valence-corrected chi connectivity index (χ0v) is 17.7. The van der Waals surface area contributed by atoms with Crippen LogP contribution in [0.2, 0.25) is 0 Å². The number of aryl methyl sites for hydroxylation is 1. The van der Waals surface area contributed by atoms with E-state index in [4.69, 9.17) is 4.99 Å². The van der Waals surface area contributed by atoms with E-state index in [1.165, 1.54) is 32.1 Å². The van der Waals surface area contributed by atoms with Crippen LogP contribution in [0.25, 0.3) is 0 Å². The normalized spacial score (nSPS) is 27.2. The molecule has 7 nitrogen and oxygen atoms in total. The molecular formula is C17H30IN7. The monoisotopic (exact) mass is 459 g/mol. The molecule has 8 heteroatoms. The molecule has 2 unspecified atom stereocenters. The van der Waals surface area contributed by atoms with Gasteiger partial charge < -0.3 is 15.2 Å². The number of likely N-dealkylation sites (tertiary alicyclic amines) is 1. The first kappa shape index (κ1) is 18.9. The Balaban J connectivity index is 0.00000182. The van der Waals surface area contributed by atoms with Crippen molar-refractivity contribution in [3.05, 3.63) is 11.6 Å². The Morgan fingerprint density at radius 2 is 1.88 bits per heavy atom. The molecule has 1 aromatic rings. The summed E-state index contributed by atoms with van der Waals surface area (Å²) >= 11 is 0. The van der Waals surface area contributed by atoms with Gasteiger partial charge in [-0.25, -0.2) is 4.99 Å². The number of hydrogen-bond donors (Lipinski definition) is 2. The smallest absolute Gasteiger partial charge is 0.192 e. The Morgan fingerprint density at radius 3 is 2.48 bits per heavy atom. The second-order valence-corrected chi connectivity index (χ2v) is 7.66. The van der Waals surface area contributed by atoms with E-state index in [0.717, 1.165) is 30.2 Å². The lowest BCUT2D eigenvalue weighted by molar-refractivity contribution is 0.256. The van der Waals surface area contributed by atoms with Gasteiger partial charge in [-0.2, -0.15) is 0 Å². The van der Waals surface area contributed by atoms with E-state index in [2.05, 4.69) is 32.7 Å². The molecule has 0 bridgehead atoms. The highest BCUT2D eigenvalue weighted by atomic mass is 127. The summed E-state index contributed by atoms with van der Waals surface area (Å²) in [5.74, 6) is 2.77. The quantitative estimate of drug-likeness (QED) is 0.398. The molecule has 2 saturated carbocycles. The molecule has 3 aliphatic rings. The average molecular weight is 459 g/mol. The Bertz CT molecular complexity index is 621. The Hall–Kier alpha value is -0.900. The molecule has 140 valence electrons. The third-order valence-electron chi connectivity index (χ3n) is 5.46. The summed E-state index contributed by atoms with van der Waals surface area (Å²) in [6, 6.07) is 2.60. The molecule has 0 radical (unpaired) electrons. The van der Waals surface area contributed by atoms with Gasteiger partial charge in [-0.15, -0.1) is 34.2 Å². The average Bonchev–Trinajstić information content (AvgIpc) is 3.46. The summed E-state index contributed by atoms with van der Waals surface area (Å²) < 4.78 is 2.00. The van der Waals surface area contributed by atoms with Gasteiger partial charge in [-0.1, -0.05) is 0 Å². The van der Waals surface area contributed by atoms with Gasteiger partial charge in [0.05, 0.1) is 0 Å². The third kappa shape index (κ3) is 4.64. The van der Waals surface area contributed by atoms with Gasteiger partial charge in [0.2, 0.25) is 0 Å². The van der Waals surface area contributed by atoms with Gasteiger partial charge in [0.1, 0.15) is 12.4 Å². The summed E-state index contributed by atoms with van der Waals surface area (Å²) in [6.45, 7) is 6.02. The first-order chi connectivity index (χ1) is 11.6. The highest BCUT2D eigenvalue weighted by molar-refractivity contribution is 14.0. The number of nitrogens with zero attached hydrogens (tertiary/aromatic N) is 5. The lowest BCUT2D eigenvalue weighted by atomic mass is 10.2. The third-order valence-corrected chi connectivity index (χ3v) is 5.46. The van der Waals surface area contributed by atoms with E-state index in [9.17, 15) is 0 Å². The van der Waals surface area contributed by atoms with E-state index in [-0.39, 0.29) is 24.0 Å². The van der Waals surface area contributed by atoms with Gasteiger partial charge in [0, 0.05) is 37.8 Å². The van der Waals surface area contributed by atoms with Gasteiger partial charge >= 0.3 is 0 Å². The van der Waals surface area contributed by atoms with Crippen molar-refractivity contribution in [3.63, 3.8) is 0 Å².